The monoisotopic (exact) mass is 234 g/mol. The van der Waals surface area contributed by atoms with Gasteiger partial charge >= 0.3 is 0 Å². The number of hydrogen-bond acceptors (Lipinski definition) is 3. The third-order valence-electron chi connectivity index (χ3n) is 2.84. The smallest absolute Gasteiger partial charge is 0.194 e. The molecule has 3 heteroatoms. The van der Waals surface area contributed by atoms with Crippen LogP contribution in [0.15, 0.2) is 41.5 Å². The van der Waals surface area contributed by atoms with E-state index in [4.69, 9.17) is 10.5 Å². The van der Waals surface area contributed by atoms with E-state index in [2.05, 4.69) is 0 Å². The van der Waals surface area contributed by atoms with Crippen LogP contribution in [0.1, 0.15) is 29.3 Å². The summed E-state index contributed by atoms with van der Waals surface area (Å²) in [6.45, 7) is 1.92. The van der Waals surface area contributed by atoms with E-state index in [1.54, 1.807) is 30.3 Å². The van der Waals surface area contributed by atoms with Crippen molar-refractivity contribution in [3.8, 4) is 12.1 Å². The summed E-state index contributed by atoms with van der Waals surface area (Å²) in [5.74, 6) is -0.106. The summed E-state index contributed by atoms with van der Waals surface area (Å²) in [4.78, 5) is 12.2. The van der Waals surface area contributed by atoms with Crippen molar-refractivity contribution in [2.24, 2.45) is 0 Å². The Morgan fingerprint density at radius 2 is 1.83 bits per heavy atom. The van der Waals surface area contributed by atoms with Crippen molar-refractivity contribution < 1.29 is 4.79 Å². The Balaban J connectivity index is 2.82. The molecule has 1 aliphatic carbocycles. The number of fused-ring (bicyclic) bond motifs is 1. The predicted octanol–water partition coefficient (Wildman–Crippen LogP) is 3.02. The molecule has 0 aromatic heterocycles. The predicted molar refractivity (Wildman–Crippen MR) is 67.3 cm³/mol. The maximum Gasteiger partial charge on any atom is 0.194 e. The largest absolute Gasteiger partial charge is 0.289 e. The first kappa shape index (κ1) is 11.8. The molecule has 0 bridgehead atoms. The van der Waals surface area contributed by atoms with Gasteiger partial charge in [0.05, 0.1) is 0 Å². The number of rotatable bonds is 1. The molecule has 1 aromatic carbocycles. The van der Waals surface area contributed by atoms with Crippen LogP contribution < -0.4 is 0 Å². The number of ketones is 1. The van der Waals surface area contributed by atoms with Gasteiger partial charge in [0.15, 0.2) is 5.78 Å². The lowest BCUT2D eigenvalue weighted by Gasteiger charge is -2.00. The maximum atomic E-state index is 12.2. The lowest BCUT2D eigenvalue weighted by molar-refractivity contribution is 0.104. The van der Waals surface area contributed by atoms with E-state index in [0.29, 0.717) is 28.7 Å². The summed E-state index contributed by atoms with van der Waals surface area (Å²) in [6.07, 6.45) is 2.45. The van der Waals surface area contributed by atoms with Crippen molar-refractivity contribution in [2.45, 2.75) is 13.3 Å². The second-order valence-corrected chi connectivity index (χ2v) is 3.87. The second-order valence-electron chi connectivity index (χ2n) is 3.87. The van der Waals surface area contributed by atoms with Crippen LogP contribution in [0, 0.1) is 22.7 Å². The highest BCUT2D eigenvalue weighted by molar-refractivity contribution is 6.27. The Morgan fingerprint density at radius 3 is 2.39 bits per heavy atom. The molecule has 0 atom stereocenters. The van der Waals surface area contributed by atoms with Crippen LogP contribution in [0.3, 0.4) is 0 Å². The minimum Gasteiger partial charge on any atom is -0.289 e. The fourth-order valence-corrected chi connectivity index (χ4v) is 2.11. The molecule has 0 radical (unpaired) electrons. The van der Waals surface area contributed by atoms with Crippen LogP contribution in [-0.4, -0.2) is 5.78 Å². The summed E-state index contributed by atoms with van der Waals surface area (Å²) in [7, 11) is 0. The summed E-state index contributed by atoms with van der Waals surface area (Å²) in [6, 6.07) is 10.8. The average Bonchev–Trinajstić information content (AvgIpc) is 2.67. The highest BCUT2D eigenvalue weighted by Crippen LogP contribution is 2.38. The van der Waals surface area contributed by atoms with Gasteiger partial charge in [-0.1, -0.05) is 37.3 Å². The first-order valence-electron chi connectivity index (χ1n) is 5.63. The van der Waals surface area contributed by atoms with Crippen molar-refractivity contribution in [2.75, 3.05) is 0 Å². The summed E-state index contributed by atoms with van der Waals surface area (Å²) in [5.41, 5.74) is 2.18. The highest BCUT2D eigenvalue weighted by atomic mass is 16.1. The molecule has 0 saturated heterocycles. The fourth-order valence-electron chi connectivity index (χ4n) is 2.11. The van der Waals surface area contributed by atoms with E-state index in [0.717, 1.165) is 0 Å². The zero-order valence-corrected chi connectivity index (χ0v) is 9.90. The van der Waals surface area contributed by atoms with Crippen LogP contribution in [0.5, 0.6) is 0 Å². The fraction of sp³-hybridized carbons (Fsp3) is 0.133. The van der Waals surface area contributed by atoms with Crippen molar-refractivity contribution in [3.05, 3.63) is 52.6 Å². The molecule has 0 saturated carbocycles. The number of allylic oxidation sites excluding steroid dienone is 4. The van der Waals surface area contributed by atoms with Crippen molar-refractivity contribution in [3.63, 3.8) is 0 Å². The molecule has 0 fully saturated rings. The molecule has 1 aliphatic rings. The van der Waals surface area contributed by atoms with Crippen LogP contribution in [0.2, 0.25) is 0 Å². The molecule has 1 aromatic rings. The number of carbonyl (C=O) groups excluding carboxylic acids is 1. The highest BCUT2D eigenvalue weighted by Gasteiger charge is 2.31. The van der Waals surface area contributed by atoms with Gasteiger partial charge in [-0.3, -0.25) is 4.79 Å². The van der Waals surface area contributed by atoms with Crippen LogP contribution in [0.25, 0.3) is 5.57 Å². The standard InChI is InChI=1S/C15H10N2O/c1-2-5-13-14(10(8-16)9-17)11-6-3-4-7-12(11)15(13)18/h3-7H,2H2,1H3/b13-5-. The molecule has 0 N–H and O–H groups in total. The van der Waals surface area contributed by atoms with Gasteiger partial charge in [0, 0.05) is 16.7 Å². The molecule has 86 valence electrons. The van der Waals surface area contributed by atoms with Crippen LogP contribution in [-0.2, 0) is 0 Å². The second kappa shape index (κ2) is 4.69. The molecule has 0 unspecified atom stereocenters. The van der Waals surface area contributed by atoms with Gasteiger partial charge < -0.3 is 0 Å². The number of benzene rings is 1. The average molecular weight is 234 g/mol. The van der Waals surface area contributed by atoms with E-state index in [-0.39, 0.29) is 11.4 Å². The number of hydrogen-bond donors (Lipinski definition) is 0. The van der Waals surface area contributed by atoms with E-state index in [9.17, 15) is 4.79 Å². The third-order valence-corrected chi connectivity index (χ3v) is 2.84. The molecule has 18 heavy (non-hydrogen) atoms. The molecular formula is C15H10N2O. The molecule has 0 heterocycles. The Labute approximate surface area is 105 Å². The topological polar surface area (TPSA) is 64.7 Å². The number of carbonyl (C=O) groups is 1. The molecule has 2 rings (SSSR count). The van der Waals surface area contributed by atoms with E-state index in [1.807, 2.05) is 19.1 Å². The molecule has 0 spiro atoms. The number of Topliss-reactive ketones (excluding diaryl/α,β-unsaturated/α-hetero) is 1. The van der Waals surface area contributed by atoms with Crippen molar-refractivity contribution >= 4 is 11.4 Å². The van der Waals surface area contributed by atoms with Gasteiger partial charge in [-0.15, -0.1) is 0 Å². The molecule has 3 nitrogen and oxygen atoms in total. The zero-order chi connectivity index (χ0) is 13.1. The minimum atomic E-state index is -0.106. The van der Waals surface area contributed by atoms with E-state index < -0.39 is 0 Å². The summed E-state index contributed by atoms with van der Waals surface area (Å²) in [5, 5.41) is 18.0. The van der Waals surface area contributed by atoms with E-state index >= 15 is 0 Å². The first-order chi connectivity index (χ1) is 8.74. The Kier molecular flexibility index (Phi) is 3.08. The first-order valence-corrected chi connectivity index (χ1v) is 5.63. The summed E-state index contributed by atoms with van der Waals surface area (Å²) < 4.78 is 0. The Bertz CT molecular complexity index is 650. The van der Waals surface area contributed by atoms with Gasteiger partial charge in [-0.2, -0.15) is 10.5 Å². The van der Waals surface area contributed by atoms with Gasteiger partial charge in [-0.25, -0.2) is 0 Å². The van der Waals surface area contributed by atoms with Crippen LogP contribution >= 0.6 is 0 Å². The van der Waals surface area contributed by atoms with Crippen molar-refractivity contribution in [1.82, 2.24) is 0 Å². The Hall–Kier alpha value is -2.65. The quantitative estimate of drug-likeness (QED) is 0.554. The zero-order valence-electron chi connectivity index (χ0n) is 9.90. The molecular weight excluding hydrogens is 224 g/mol. The molecule has 0 amide bonds. The van der Waals surface area contributed by atoms with E-state index in [1.165, 1.54) is 0 Å². The van der Waals surface area contributed by atoms with Gasteiger partial charge in [0.2, 0.25) is 0 Å². The lowest BCUT2D eigenvalue weighted by Crippen LogP contribution is -1.95. The van der Waals surface area contributed by atoms with Gasteiger partial charge in [-0.05, 0) is 12.0 Å². The van der Waals surface area contributed by atoms with Gasteiger partial charge in [0.25, 0.3) is 0 Å². The number of nitrogens with zero attached hydrogens (tertiary/aromatic N) is 2. The minimum absolute atomic E-state index is 0.00648. The Morgan fingerprint density at radius 1 is 1.22 bits per heavy atom. The lowest BCUT2D eigenvalue weighted by atomic mass is 9.99. The maximum absolute atomic E-state index is 12.2. The summed E-state index contributed by atoms with van der Waals surface area (Å²) >= 11 is 0. The van der Waals surface area contributed by atoms with Crippen molar-refractivity contribution in [1.29, 1.82) is 10.5 Å². The number of nitriles is 2. The SMILES string of the molecule is CC/C=C1\C(=O)c2ccccc2C1=C(C#N)C#N. The third kappa shape index (κ3) is 1.63. The van der Waals surface area contributed by atoms with Gasteiger partial charge in [0.1, 0.15) is 17.7 Å². The van der Waals surface area contributed by atoms with Crippen LogP contribution in [0.4, 0.5) is 0 Å². The molecule has 0 aliphatic heterocycles. The normalized spacial score (nSPS) is 15.2.